The van der Waals surface area contributed by atoms with Crippen molar-refractivity contribution >= 4 is 34.9 Å². The molecule has 2 unspecified atom stereocenters. The molecule has 2 amide bonds. The van der Waals surface area contributed by atoms with Gasteiger partial charge in [0.15, 0.2) is 5.78 Å². The maximum atomic E-state index is 13.4. The molecule has 0 saturated heterocycles. The van der Waals surface area contributed by atoms with Gasteiger partial charge in [0, 0.05) is 41.9 Å². The van der Waals surface area contributed by atoms with Gasteiger partial charge in [-0.3, -0.25) is 24.5 Å². The molecule has 1 saturated carbocycles. The topological polar surface area (TPSA) is 156 Å². The number of aryl methyl sites for hydroxylation is 1. The van der Waals surface area contributed by atoms with Gasteiger partial charge in [-0.05, 0) is 38.0 Å². The number of ketones is 1. The number of hydrogen-bond donors (Lipinski definition) is 4. The van der Waals surface area contributed by atoms with Gasteiger partial charge < -0.3 is 16.8 Å². The molecule has 174 valence electrons. The van der Waals surface area contributed by atoms with E-state index in [0.717, 1.165) is 36.0 Å². The summed E-state index contributed by atoms with van der Waals surface area (Å²) in [6.45, 7) is 1.90. The van der Waals surface area contributed by atoms with Crippen molar-refractivity contribution in [2.75, 3.05) is 7.05 Å². The molecule has 33 heavy (non-hydrogen) atoms. The van der Waals surface area contributed by atoms with Crippen LogP contribution in [-0.4, -0.2) is 40.6 Å². The molecule has 2 aromatic rings. The largest absolute Gasteiger partial charge is 0.403 e. The number of halogens is 1. The highest BCUT2D eigenvalue weighted by Gasteiger charge is 2.37. The molecule has 0 radical (unpaired) electrons. The summed E-state index contributed by atoms with van der Waals surface area (Å²) in [5.41, 5.74) is 13.6. The minimum atomic E-state index is -0.815. The summed E-state index contributed by atoms with van der Waals surface area (Å²) in [6.07, 6.45) is 3.78. The first kappa shape index (κ1) is 24.2. The van der Waals surface area contributed by atoms with Crippen molar-refractivity contribution in [1.82, 2.24) is 15.5 Å². The Kier molecular flexibility index (Phi) is 7.65. The second-order valence-corrected chi connectivity index (χ2v) is 8.41. The number of Topliss-reactive ketones (excluding diaryl/α,β-unsaturated/α-hetero) is 1. The molecule has 2 atom stereocenters. The summed E-state index contributed by atoms with van der Waals surface area (Å²) in [7, 11) is 1.37. The van der Waals surface area contributed by atoms with Gasteiger partial charge in [0.2, 0.25) is 5.91 Å². The lowest BCUT2D eigenvalue weighted by Crippen LogP contribution is -2.42. The quantitative estimate of drug-likeness (QED) is 0.361. The highest BCUT2D eigenvalue weighted by atomic mass is 35.5. The van der Waals surface area contributed by atoms with Crippen LogP contribution in [0.4, 0.5) is 0 Å². The SMILES string of the molecule is CN=C(C(N)=O)C(=CN)NC(=O)C1CCCCC1C(=O)c1ccc(-c2cc(C)[nH]n2)cc1Cl. The Bertz CT molecular complexity index is 1140. The average molecular weight is 471 g/mol. The lowest BCUT2D eigenvalue weighted by atomic mass is 9.75. The summed E-state index contributed by atoms with van der Waals surface area (Å²) in [5, 5.41) is 10.0. The molecule has 1 aliphatic rings. The number of primary amides is 1. The van der Waals surface area contributed by atoms with Gasteiger partial charge in [-0.1, -0.05) is 30.5 Å². The number of nitrogens with two attached hydrogens (primary N) is 2. The molecule has 1 aliphatic carbocycles. The zero-order valence-electron chi connectivity index (χ0n) is 18.5. The molecule has 6 N–H and O–H groups in total. The standard InChI is InChI=1S/C23H27ClN6O3/c1-12-9-18(30-29-12)13-7-8-16(17(24)10-13)21(31)14-5-3-4-6-15(14)23(33)28-19(11-25)20(27-2)22(26)32/h7-11,14-15H,3-6,25H2,1-2H3,(H2,26,32)(H,28,33)(H,29,30). The molecule has 1 fully saturated rings. The molecular weight excluding hydrogens is 444 g/mol. The predicted molar refractivity (Wildman–Crippen MR) is 127 cm³/mol. The third kappa shape index (κ3) is 5.31. The maximum Gasteiger partial charge on any atom is 0.269 e. The van der Waals surface area contributed by atoms with Crippen LogP contribution in [0.15, 0.2) is 41.2 Å². The van der Waals surface area contributed by atoms with Crippen LogP contribution in [0.1, 0.15) is 41.7 Å². The number of H-pyrrole nitrogens is 1. The molecular formula is C23H27ClN6O3. The Balaban J connectivity index is 1.83. The number of aliphatic imine (C=N–C) groups is 1. The molecule has 9 nitrogen and oxygen atoms in total. The minimum absolute atomic E-state index is 0.0171. The van der Waals surface area contributed by atoms with E-state index in [1.807, 2.05) is 13.0 Å². The second kappa shape index (κ2) is 10.4. The first-order valence-electron chi connectivity index (χ1n) is 10.6. The van der Waals surface area contributed by atoms with Crippen molar-refractivity contribution in [3.63, 3.8) is 0 Å². The lowest BCUT2D eigenvalue weighted by Gasteiger charge is -2.30. The Labute approximate surface area is 196 Å². The number of aromatic nitrogens is 2. The second-order valence-electron chi connectivity index (χ2n) is 8.00. The molecule has 1 heterocycles. The third-order valence-corrected chi connectivity index (χ3v) is 6.13. The third-order valence-electron chi connectivity index (χ3n) is 5.81. The number of aromatic amines is 1. The molecule has 3 rings (SSSR count). The number of nitrogens with zero attached hydrogens (tertiary/aromatic N) is 2. The van der Waals surface area contributed by atoms with Crippen LogP contribution in [0, 0.1) is 18.8 Å². The predicted octanol–water partition coefficient (Wildman–Crippen LogP) is 2.50. The normalized spacial score (nSPS) is 19.2. The zero-order valence-corrected chi connectivity index (χ0v) is 19.3. The van der Waals surface area contributed by atoms with Gasteiger partial charge in [-0.15, -0.1) is 0 Å². The van der Waals surface area contributed by atoms with E-state index in [4.69, 9.17) is 23.1 Å². The summed E-state index contributed by atoms with van der Waals surface area (Å²) < 4.78 is 0. The van der Waals surface area contributed by atoms with E-state index < -0.39 is 23.7 Å². The Morgan fingerprint density at radius 2 is 1.91 bits per heavy atom. The monoisotopic (exact) mass is 470 g/mol. The summed E-state index contributed by atoms with van der Waals surface area (Å²) in [4.78, 5) is 41.9. The molecule has 0 aliphatic heterocycles. The number of hydrogen-bond acceptors (Lipinski definition) is 6. The number of benzene rings is 1. The minimum Gasteiger partial charge on any atom is -0.403 e. The van der Waals surface area contributed by atoms with Crippen molar-refractivity contribution < 1.29 is 14.4 Å². The Morgan fingerprint density at radius 3 is 2.45 bits per heavy atom. The lowest BCUT2D eigenvalue weighted by molar-refractivity contribution is -0.126. The van der Waals surface area contributed by atoms with Crippen LogP contribution in [0.2, 0.25) is 5.02 Å². The van der Waals surface area contributed by atoms with E-state index in [1.54, 1.807) is 18.2 Å². The Morgan fingerprint density at radius 1 is 1.21 bits per heavy atom. The summed E-state index contributed by atoms with van der Waals surface area (Å²) >= 11 is 6.48. The first-order valence-corrected chi connectivity index (χ1v) is 11.0. The van der Waals surface area contributed by atoms with Crippen LogP contribution in [0.5, 0.6) is 0 Å². The van der Waals surface area contributed by atoms with Gasteiger partial charge in [-0.2, -0.15) is 5.10 Å². The molecule has 1 aromatic carbocycles. The molecule has 10 heteroatoms. The maximum absolute atomic E-state index is 13.4. The van der Waals surface area contributed by atoms with Crippen LogP contribution < -0.4 is 16.8 Å². The van der Waals surface area contributed by atoms with E-state index in [0.29, 0.717) is 23.4 Å². The number of nitrogens with one attached hydrogen (secondary N) is 2. The Hall–Kier alpha value is -3.46. The van der Waals surface area contributed by atoms with Crippen molar-refractivity contribution in [2.45, 2.75) is 32.6 Å². The van der Waals surface area contributed by atoms with Crippen LogP contribution in [-0.2, 0) is 9.59 Å². The molecule has 1 aromatic heterocycles. The van der Waals surface area contributed by atoms with Gasteiger partial charge in [0.05, 0.1) is 16.4 Å². The number of carbonyl (C=O) groups is 3. The number of amides is 2. The zero-order chi connectivity index (χ0) is 24.1. The van der Waals surface area contributed by atoms with Gasteiger partial charge >= 0.3 is 0 Å². The van der Waals surface area contributed by atoms with Crippen molar-refractivity contribution in [3.05, 3.63) is 52.4 Å². The molecule has 0 spiro atoms. The van der Waals surface area contributed by atoms with Crippen LogP contribution in [0.3, 0.4) is 0 Å². The van der Waals surface area contributed by atoms with Crippen LogP contribution in [0.25, 0.3) is 11.3 Å². The van der Waals surface area contributed by atoms with Gasteiger partial charge in [-0.25, -0.2) is 0 Å². The highest BCUT2D eigenvalue weighted by Crippen LogP contribution is 2.35. The smallest absolute Gasteiger partial charge is 0.269 e. The first-order chi connectivity index (χ1) is 15.8. The fourth-order valence-corrected chi connectivity index (χ4v) is 4.44. The van der Waals surface area contributed by atoms with E-state index >= 15 is 0 Å². The van der Waals surface area contributed by atoms with E-state index in [2.05, 4.69) is 20.5 Å². The van der Waals surface area contributed by atoms with Crippen molar-refractivity contribution in [3.8, 4) is 11.3 Å². The van der Waals surface area contributed by atoms with E-state index in [1.165, 1.54) is 7.05 Å². The number of rotatable bonds is 7. The van der Waals surface area contributed by atoms with E-state index in [-0.39, 0.29) is 17.2 Å². The fourth-order valence-electron chi connectivity index (χ4n) is 4.17. The van der Waals surface area contributed by atoms with Gasteiger partial charge in [0.1, 0.15) is 5.71 Å². The van der Waals surface area contributed by atoms with Crippen molar-refractivity contribution in [1.29, 1.82) is 0 Å². The summed E-state index contributed by atoms with van der Waals surface area (Å²) in [5.74, 6) is -2.57. The fraction of sp³-hybridized carbons (Fsp3) is 0.348. The van der Waals surface area contributed by atoms with Gasteiger partial charge in [0.25, 0.3) is 5.91 Å². The van der Waals surface area contributed by atoms with Crippen molar-refractivity contribution in [2.24, 2.45) is 28.3 Å². The molecule has 0 bridgehead atoms. The van der Waals surface area contributed by atoms with E-state index in [9.17, 15) is 14.4 Å². The average Bonchev–Trinajstić information content (AvgIpc) is 3.24. The summed E-state index contributed by atoms with van der Waals surface area (Å²) in [6, 6.07) is 7.05. The highest BCUT2D eigenvalue weighted by molar-refractivity contribution is 6.45. The number of carbonyl (C=O) groups excluding carboxylic acids is 3. The van der Waals surface area contributed by atoms with Crippen LogP contribution >= 0.6 is 11.6 Å².